The lowest BCUT2D eigenvalue weighted by Crippen LogP contribution is -2.49. The number of thiophene rings is 1. The monoisotopic (exact) mass is 577 g/mol. The van der Waals surface area contributed by atoms with Gasteiger partial charge in [-0.15, -0.1) is 11.3 Å². The van der Waals surface area contributed by atoms with E-state index in [-0.39, 0.29) is 60.0 Å². The van der Waals surface area contributed by atoms with Crippen molar-refractivity contribution in [2.24, 2.45) is 5.73 Å². The number of ether oxygens (including phenoxy) is 1. The Morgan fingerprint density at radius 1 is 1.18 bits per heavy atom. The second kappa shape index (κ2) is 11.5. The Labute approximate surface area is 222 Å². The summed E-state index contributed by atoms with van der Waals surface area (Å²) >= 11 is 7.38. The van der Waals surface area contributed by atoms with E-state index in [1.54, 1.807) is 16.3 Å². The minimum absolute atomic E-state index is 0.0123. The highest BCUT2D eigenvalue weighted by Gasteiger charge is 2.32. The van der Waals surface area contributed by atoms with Gasteiger partial charge in [-0.1, -0.05) is 11.6 Å². The standard InChI is InChI=1S/C22H21ClF5N7O2S/c23-14-10-30-21(33-18(14)32-19-13(17(29)36)3-8-38-19)31-15-2-1-12(9-16(15)37-20(24)25)35-6-4-34(5-7-35)11-22(26,27)28/h1-3,8-10,20H,4-7,11H2,(H2,29,36)(H2,30,31,32,33). The zero-order valence-corrected chi connectivity index (χ0v) is 21.0. The summed E-state index contributed by atoms with van der Waals surface area (Å²) in [4.78, 5) is 23.0. The fraction of sp³-hybridized carbons (Fsp3) is 0.318. The van der Waals surface area contributed by atoms with E-state index in [4.69, 9.17) is 17.3 Å². The summed E-state index contributed by atoms with van der Waals surface area (Å²) in [5.74, 6) is -0.731. The van der Waals surface area contributed by atoms with Crippen LogP contribution in [-0.2, 0) is 0 Å². The van der Waals surface area contributed by atoms with Crippen LogP contribution < -0.4 is 26.0 Å². The number of primary amides is 1. The first kappa shape index (κ1) is 27.6. The van der Waals surface area contributed by atoms with Gasteiger partial charge in [0.2, 0.25) is 5.95 Å². The molecule has 3 heterocycles. The molecule has 204 valence electrons. The summed E-state index contributed by atoms with van der Waals surface area (Å²) in [7, 11) is 0. The Morgan fingerprint density at radius 3 is 2.58 bits per heavy atom. The van der Waals surface area contributed by atoms with E-state index in [1.807, 2.05) is 0 Å². The highest BCUT2D eigenvalue weighted by Crippen LogP contribution is 2.35. The minimum Gasteiger partial charge on any atom is -0.433 e. The van der Waals surface area contributed by atoms with E-state index in [2.05, 4.69) is 25.3 Å². The molecule has 0 unspecified atom stereocenters. The smallest absolute Gasteiger partial charge is 0.401 e. The molecule has 0 radical (unpaired) electrons. The number of anilines is 5. The Bertz CT molecular complexity index is 1290. The van der Waals surface area contributed by atoms with Crippen LogP contribution in [0.5, 0.6) is 5.75 Å². The van der Waals surface area contributed by atoms with E-state index in [0.717, 1.165) is 0 Å². The molecule has 0 spiro atoms. The van der Waals surface area contributed by atoms with Gasteiger partial charge < -0.3 is 26.0 Å². The van der Waals surface area contributed by atoms with Gasteiger partial charge in [0.1, 0.15) is 10.0 Å². The van der Waals surface area contributed by atoms with Crippen LogP contribution in [0.1, 0.15) is 10.4 Å². The van der Waals surface area contributed by atoms with Crippen LogP contribution in [0.2, 0.25) is 5.02 Å². The number of amides is 1. The Balaban J connectivity index is 1.52. The summed E-state index contributed by atoms with van der Waals surface area (Å²) in [5, 5.41) is 7.90. The van der Waals surface area contributed by atoms with Crippen molar-refractivity contribution in [3.05, 3.63) is 46.4 Å². The summed E-state index contributed by atoms with van der Waals surface area (Å²) in [5.41, 5.74) is 6.22. The molecule has 4 N–H and O–H groups in total. The number of nitrogens with zero attached hydrogens (tertiary/aromatic N) is 4. The highest BCUT2D eigenvalue weighted by molar-refractivity contribution is 7.14. The second-order valence-corrected chi connectivity index (χ2v) is 9.43. The molecule has 1 aliphatic rings. The minimum atomic E-state index is -4.29. The molecule has 16 heteroatoms. The summed E-state index contributed by atoms with van der Waals surface area (Å²) < 4.78 is 69.0. The molecule has 2 aromatic heterocycles. The lowest BCUT2D eigenvalue weighted by molar-refractivity contribution is -0.146. The number of benzene rings is 1. The van der Waals surface area contributed by atoms with Gasteiger partial charge in [0.25, 0.3) is 5.91 Å². The Kier molecular flexibility index (Phi) is 8.38. The molecule has 0 aliphatic carbocycles. The predicted octanol–water partition coefficient (Wildman–Crippen LogP) is 5.06. The third kappa shape index (κ3) is 7.11. The first-order valence-electron chi connectivity index (χ1n) is 11.1. The maximum absolute atomic E-state index is 13.2. The van der Waals surface area contributed by atoms with Crippen LogP contribution in [0.4, 0.5) is 50.1 Å². The predicted molar refractivity (Wildman–Crippen MR) is 134 cm³/mol. The van der Waals surface area contributed by atoms with Crippen molar-refractivity contribution < 1.29 is 31.5 Å². The molecule has 0 bridgehead atoms. The Hall–Kier alpha value is -3.43. The van der Waals surface area contributed by atoms with Gasteiger partial charge in [0.05, 0.1) is 24.0 Å². The molecule has 4 rings (SSSR count). The van der Waals surface area contributed by atoms with Crippen LogP contribution in [0.25, 0.3) is 0 Å². The fourth-order valence-electron chi connectivity index (χ4n) is 3.77. The molecular weight excluding hydrogens is 557 g/mol. The summed E-state index contributed by atoms with van der Waals surface area (Å²) in [6, 6.07) is 6.01. The highest BCUT2D eigenvalue weighted by atomic mass is 35.5. The maximum atomic E-state index is 13.2. The second-order valence-electron chi connectivity index (χ2n) is 8.11. The first-order valence-corrected chi connectivity index (χ1v) is 12.3. The SMILES string of the molecule is NC(=O)c1ccsc1Nc1nc(Nc2ccc(N3CCN(CC(F)(F)F)CC3)cc2OC(F)F)ncc1Cl. The number of nitrogens with two attached hydrogens (primary N) is 1. The van der Waals surface area contributed by atoms with Crippen molar-refractivity contribution in [2.45, 2.75) is 12.8 Å². The number of carbonyl (C=O) groups is 1. The molecular formula is C22H21ClF5N7O2S. The lowest BCUT2D eigenvalue weighted by Gasteiger charge is -2.36. The zero-order chi connectivity index (χ0) is 27.4. The Morgan fingerprint density at radius 2 is 1.92 bits per heavy atom. The normalized spacial score (nSPS) is 14.6. The van der Waals surface area contributed by atoms with Crippen LogP contribution >= 0.6 is 22.9 Å². The van der Waals surface area contributed by atoms with E-state index in [1.165, 1.54) is 40.6 Å². The lowest BCUT2D eigenvalue weighted by atomic mass is 10.2. The molecule has 3 aromatic rings. The molecule has 1 fully saturated rings. The van der Waals surface area contributed by atoms with Gasteiger partial charge in [-0.3, -0.25) is 9.69 Å². The summed E-state index contributed by atoms with van der Waals surface area (Å²) in [6.07, 6.45) is -3.01. The van der Waals surface area contributed by atoms with Gasteiger partial charge in [0, 0.05) is 37.9 Å². The fourth-order valence-corrected chi connectivity index (χ4v) is 4.70. The third-order valence-electron chi connectivity index (χ3n) is 5.47. The zero-order valence-electron chi connectivity index (χ0n) is 19.4. The molecule has 38 heavy (non-hydrogen) atoms. The van der Waals surface area contributed by atoms with Crippen molar-refractivity contribution in [3.63, 3.8) is 0 Å². The van der Waals surface area contributed by atoms with Gasteiger partial charge >= 0.3 is 12.8 Å². The number of alkyl halides is 5. The molecule has 0 atom stereocenters. The largest absolute Gasteiger partial charge is 0.433 e. The molecule has 1 amide bonds. The average molecular weight is 578 g/mol. The number of carbonyl (C=O) groups excluding carboxylic acids is 1. The molecule has 1 aromatic carbocycles. The number of piperazine rings is 1. The first-order chi connectivity index (χ1) is 18.0. The van der Waals surface area contributed by atoms with Gasteiger partial charge in [-0.25, -0.2) is 4.98 Å². The van der Waals surface area contributed by atoms with Gasteiger partial charge in [-0.2, -0.15) is 26.9 Å². The van der Waals surface area contributed by atoms with Crippen LogP contribution in [0.15, 0.2) is 35.8 Å². The topological polar surface area (TPSA) is 109 Å². The van der Waals surface area contributed by atoms with Gasteiger partial charge in [-0.05, 0) is 23.6 Å². The molecule has 9 nitrogen and oxygen atoms in total. The van der Waals surface area contributed by atoms with Crippen LogP contribution in [-0.4, -0.2) is 66.3 Å². The molecule has 1 saturated heterocycles. The maximum Gasteiger partial charge on any atom is 0.401 e. The van der Waals surface area contributed by atoms with Gasteiger partial charge in [0.15, 0.2) is 11.6 Å². The number of hydrogen-bond acceptors (Lipinski definition) is 9. The van der Waals surface area contributed by atoms with Crippen LogP contribution in [0.3, 0.4) is 0 Å². The number of aromatic nitrogens is 2. The van der Waals surface area contributed by atoms with E-state index >= 15 is 0 Å². The van der Waals surface area contributed by atoms with Crippen molar-refractivity contribution in [1.29, 1.82) is 0 Å². The van der Waals surface area contributed by atoms with E-state index < -0.39 is 25.2 Å². The summed E-state index contributed by atoms with van der Waals surface area (Å²) in [6.45, 7) is -3.24. The van der Waals surface area contributed by atoms with Crippen molar-refractivity contribution >= 4 is 57.0 Å². The van der Waals surface area contributed by atoms with Crippen molar-refractivity contribution in [2.75, 3.05) is 48.3 Å². The van der Waals surface area contributed by atoms with Crippen molar-refractivity contribution in [3.8, 4) is 5.75 Å². The molecule has 1 aliphatic heterocycles. The quantitative estimate of drug-likeness (QED) is 0.303. The third-order valence-corrected chi connectivity index (χ3v) is 6.58. The van der Waals surface area contributed by atoms with E-state index in [0.29, 0.717) is 10.7 Å². The number of rotatable bonds is 9. The number of halogens is 6. The average Bonchev–Trinajstić information content (AvgIpc) is 3.30. The van der Waals surface area contributed by atoms with E-state index in [9.17, 15) is 26.7 Å². The van der Waals surface area contributed by atoms with Crippen LogP contribution in [0, 0.1) is 0 Å². The number of nitrogens with one attached hydrogen (secondary N) is 2. The number of hydrogen-bond donors (Lipinski definition) is 3. The molecule has 0 saturated carbocycles. The van der Waals surface area contributed by atoms with Crippen molar-refractivity contribution in [1.82, 2.24) is 14.9 Å².